The van der Waals surface area contributed by atoms with E-state index in [4.69, 9.17) is 0 Å². The molecular formula is C11H17AlCl. The highest BCUT2D eigenvalue weighted by Gasteiger charge is 1.97. The van der Waals surface area contributed by atoms with Gasteiger partial charge in [0.25, 0.3) is 0 Å². The summed E-state index contributed by atoms with van der Waals surface area (Å²) in [5, 5.41) is 2.74. The molecule has 0 saturated heterocycles. The Morgan fingerprint density at radius 2 is 1.77 bits per heavy atom. The van der Waals surface area contributed by atoms with Crippen molar-refractivity contribution in [1.82, 2.24) is 0 Å². The molecule has 0 N–H and O–H groups in total. The minimum Gasteiger partial charge on any atom is -0.147 e. The molecule has 0 fully saturated rings. The van der Waals surface area contributed by atoms with Crippen molar-refractivity contribution in [3.8, 4) is 0 Å². The zero-order valence-electron chi connectivity index (χ0n) is 8.36. The van der Waals surface area contributed by atoms with Crippen LogP contribution in [0.15, 0.2) is 30.3 Å². The molecule has 0 saturated carbocycles. The van der Waals surface area contributed by atoms with E-state index < -0.39 is 0 Å². The van der Waals surface area contributed by atoms with Gasteiger partial charge in [-0.2, -0.15) is 0 Å². The van der Waals surface area contributed by atoms with Gasteiger partial charge in [0.2, 0.25) is 15.2 Å². The van der Waals surface area contributed by atoms with Crippen LogP contribution in [0.2, 0.25) is 5.28 Å². The van der Waals surface area contributed by atoms with E-state index in [1.54, 1.807) is 0 Å². The number of halogens is 1. The molecule has 0 aliphatic carbocycles. The summed E-state index contributed by atoms with van der Waals surface area (Å²) in [7, 11) is 0. The van der Waals surface area contributed by atoms with Crippen molar-refractivity contribution in [3.63, 3.8) is 0 Å². The summed E-state index contributed by atoms with van der Waals surface area (Å²) < 4.78 is 0. The lowest BCUT2D eigenvalue weighted by Gasteiger charge is -2.02. The van der Waals surface area contributed by atoms with Crippen LogP contribution in [0.1, 0.15) is 19.4 Å². The summed E-state index contributed by atoms with van der Waals surface area (Å²) in [4.78, 5) is 0. The Morgan fingerprint density at radius 3 is 2.31 bits per heavy atom. The van der Waals surface area contributed by atoms with Gasteiger partial charge in [-0.15, -0.1) is 17.7 Å². The Hall–Kier alpha value is 0.0425. The van der Waals surface area contributed by atoms with E-state index in [1.165, 1.54) is 16.1 Å². The normalized spacial score (nSPS) is 9.46. The van der Waals surface area contributed by atoms with Gasteiger partial charge in [-0.25, -0.2) is 0 Å². The number of rotatable bonds is 4. The maximum Gasteiger partial charge on any atom is 0.207 e. The lowest BCUT2D eigenvalue weighted by atomic mass is 10.2. The Balaban J connectivity index is 0.00000144. The van der Waals surface area contributed by atoms with E-state index in [1.807, 2.05) is 0 Å². The molecule has 0 atom stereocenters. The molecule has 0 aromatic heterocycles. The van der Waals surface area contributed by atoms with Crippen LogP contribution in [-0.2, 0) is 5.28 Å². The van der Waals surface area contributed by atoms with Gasteiger partial charge in [0.1, 0.15) is 0 Å². The zero-order chi connectivity index (χ0) is 8.81. The Bertz CT molecular complexity index is 209. The first-order chi connectivity index (χ1) is 5.79. The van der Waals surface area contributed by atoms with Gasteiger partial charge in [-0.3, -0.25) is 0 Å². The van der Waals surface area contributed by atoms with Gasteiger partial charge >= 0.3 is 0 Å². The molecule has 1 aromatic rings. The van der Waals surface area contributed by atoms with Gasteiger partial charge in [-0.05, 0) is 0 Å². The molecule has 1 rings (SSSR count). The van der Waals surface area contributed by atoms with Crippen LogP contribution in [0.3, 0.4) is 0 Å². The van der Waals surface area contributed by atoms with Crippen LogP contribution in [0.4, 0.5) is 0 Å². The molecule has 0 bridgehead atoms. The average Bonchev–Trinajstić information content (AvgIpc) is 2.05. The summed E-state index contributed by atoms with van der Waals surface area (Å²) in [6.45, 7) is 4.61. The summed E-state index contributed by atoms with van der Waals surface area (Å²) in [6.07, 6.45) is 0. The molecule has 0 aliphatic heterocycles. The van der Waals surface area contributed by atoms with Gasteiger partial charge in [-0.1, -0.05) is 60.9 Å². The molecule has 71 valence electrons. The molecule has 13 heavy (non-hydrogen) atoms. The molecule has 0 aliphatic rings. The van der Waals surface area contributed by atoms with Crippen LogP contribution in [0, 0.1) is 5.92 Å². The van der Waals surface area contributed by atoms with Crippen molar-refractivity contribution in [2.24, 2.45) is 5.92 Å². The zero-order valence-corrected chi connectivity index (χ0v) is 10.3. The largest absolute Gasteiger partial charge is 0.207 e. The fourth-order valence-electron chi connectivity index (χ4n) is 1.20. The van der Waals surface area contributed by atoms with Crippen molar-refractivity contribution >= 4 is 27.6 Å². The first-order valence-corrected chi connectivity index (χ1v) is 6.28. The van der Waals surface area contributed by atoms with E-state index >= 15 is 0 Å². The third-order valence-corrected chi connectivity index (χ3v) is 3.90. The monoisotopic (exact) mass is 211 g/mol. The third kappa shape index (κ3) is 6.16. The minimum absolute atomic E-state index is 0. The smallest absolute Gasteiger partial charge is 0.147 e. The van der Waals surface area contributed by atoms with E-state index in [9.17, 15) is 0 Å². The molecular weight excluding hydrogens is 195 g/mol. The first-order valence-electron chi connectivity index (χ1n) is 4.64. The predicted octanol–water partition coefficient (Wildman–Crippen LogP) is 3.39. The SMILES string of the molecule is CC(C)[CH2][Al][CH2]c1ccccc1.Cl. The Labute approximate surface area is 93.9 Å². The van der Waals surface area contributed by atoms with Crippen LogP contribution in [-0.4, -0.2) is 15.2 Å². The van der Waals surface area contributed by atoms with E-state index in [0.717, 1.165) is 5.92 Å². The van der Waals surface area contributed by atoms with E-state index in [0.29, 0.717) is 15.2 Å². The van der Waals surface area contributed by atoms with Gasteiger partial charge in [0, 0.05) is 0 Å². The molecule has 1 radical (unpaired) electrons. The molecule has 2 heteroatoms. The van der Waals surface area contributed by atoms with Crippen LogP contribution in [0.25, 0.3) is 0 Å². The minimum atomic E-state index is 0. The molecule has 1 aromatic carbocycles. The van der Waals surface area contributed by atoms with Gasteiger partial charge < -0.3 is 0 Å². The predicted molar refractivity (Wildman–Crippen MR) is 62.8 cm³/mol. The van der Waals surface area contributed by atoms with E-state index in [2.05, 4.69) is 44.2 Å². The van der Waals surface area contributed by atoms with Crippen LogP contribution in [0.5, 0.6) is 0 Å². The highest BCUT2D eigenvalue weighted by atomic mass is 35.5. The first kappa shape index (κ1) is 13.0. The summed E-state index contributed by atoms with van der Waals surface area (Å²) in [5.74, 6) is 0.878. The van der Waals surface area contributed by atoms with E-state index in [-0.39, 0.29) is 12.4 Å². The fraction of sp³-hybridized carbons (Fsp3) is 0.455. The molecule has 0 amide bonds. The summed E-state index contributed by atoms with van der Waals surface area (Å²) in [5.41, 5.74) is 1.51. The average molecular weight is 212 g/mol. The topological polar surface area (TPSA) is 0 Å². The molecule has 0 heterocycles. The Kier molecular flexibility index (Phi) is 7.47. The maximum absolute atomic E-state index is 2.30. The number of hydrogen-bond donors (Lipinski definition) is 0. The number of hydrogen-bond acceptors (Lipinski definition) is 0. The molecule has 0 unspecified atom stereocenters. The van der Waals surface area contributed by atoms with Crippen molar-refractivity contribution in [2.75, 3.05) is 0 Å². The lowest BCUT2D eigenvalue weighted by Crippen LogP contribution is -2.00. The van der Waals surface area contributed by atoms with Crippen molar-refractivity contribution in [1.29, 1.82) is 0 Å². The summed E-state index contributed by atoms with van der Waals surface area (Å²) in [6, 6.07) is 10.8. The van der Waals surface area contributed by atoms with Crippen LogP contribution < -0.4 is 0 Å². The molecule has 0 spiro atoms. The fourth-order valence-corrected chi connectivity index (χ4v) is 2.64. The van der Waals surface area contributed by atoms with Crippen molar-refractivity contribution in [3.05, 3.63) is 35.9 Å². The quantitative estimate of drug-likeness (QED) is 0.670. The second kappa shape index (κ2) is 7.45. The second-order valence-electron chi connectivity index (χ2n) is 3.61. The third-order valence-electron chi connectivity index (χ3n) is 1.86. The summed E-state index contributed by atoms with van der Waals surface area (Å²) >= 11 is 0.628. The van der Waals surface area contributed by atoms with Crippen LogP contribution >= 0.6 is 12.4 Å². The number of benzene rings is 1. The molecule has 0 nitrogen and oxygen atoms in total. The highest BCUT2D eigenvalue weighted by molar-refractivity contribution is 6.34. The van der Waals surface area contributed by atoms with Crippen molar-refractivity contribution in [2.45, 2.75) is 24.4 Å². The van der Waals surface area contributed by atoms with Gasteiger partial charge in [0.05, 0.1) is 0 Å². The highest BCUT2D eigenvalue weighted by Crippen LogP contribution is 2.03. The second-order valence-corrected chi connectivity index (χ2v) is 5.06. The van der Waals surface area contributed by atoms with Gasteiger partial charge in [0.15, 0.2) is 0 Å². The standard InChI is InChI=1S/C7H7.C4H9.Al.ClH/c1-7-5-3-2-4-6-7;1-4(2)3;;/h2-6H,1H2;4H,1H2,2-3H3;;1H. The van der Waals surface area contributed by atoms with Crippen molar-refractivity contribution < 1.29 is 0 Å². The Morgan fingerprint density at radius 1 is 1.15 bits per heavy atom. The lowest BCUT2D eigenvalue weighted by molar-refractivity contribution is 0.729. The maximum atomic E-state index is 2.30.